The van der Waals surface area contributed by atoms with Gasteiger partial charge < -0.3 is 4.74 Å². The summed E-state index contributed by atoms with van der Waals surface area (Å²) in [5.41, 5.74) is 0.442. The van der Waals surface area contributed by atoms with Gasteiger partial charge >= 0.3 is 5.97 Å². The van der Waals surface area contributed by atoms with Gasteiger partial charge in [0.05, 0.1) is 11.8 Å². The number of hydrogen-bond acceptors (Lipinski definition) is 5. The fraction of sp³-hybridized carbons (Fsp3) is 0.545. The van der Waals surface area contributed by atoms with Gasteiger partial charge in [-0.1, -0.05) is 76.0 Å². The Bertz CT molecular complexity index is 857. The van der Waals surface area contributed by atoms with Crippen molar-refractivity contribution in [2.45, 2.75) is 36.0 Å². The molecule has 2 amide bonds. The minimum absolute atomic E-state index is 0.0781. The summed E-state index contributed by atoms with van der Waals surface area (Å²) in [7, 11) is 0. The first-order valence-electron chi connectivity index (χ1n) is 10.1. The predicted molar refractivity (Wildman–Crippen MR) is 116 cm³/mol. The molecule has 1 aromatic carbocycles. The normalized spacial score (nSPS) is 33.2. The molecule has 0 unspecified atom stereocenters. The molecule has 2 bridgehead atoms. The van der Waals surface area contributed by atoms with Crippen molar-refractivity contribution in [2.75, 3.05) is 6.61 Å². The Morgan fingerprint density at radius 2 is 1.57 bits per heavy atom. The standard InChI is InChI=1S/C22H23Br2NO5/c1-10(2)19(22(29)30-9-14(26)11-6-4-3-5-7-11)25-20(27)15-12-8-13(16(15)21(25)28)18(24)17(12)23/h3-7,10,12-13,15-19H,8-9H2,1-2H3/t12-,13-,15-,16-,17-,18+,19-/m1/s1. The fourth-order valence-electron chi connectivity index (χ4n) is 5.25. The maximum Gasteiger partial charge on any atom is 0.330 e. The Morgan fingerprint density at radius 1 is 1.03 bits per heavy atom. The first-order chi connectivity index (χ1) is 14.2. The number of likely N-dealkylation sites (tertiary alicyclic amines) is 1. The molecular weight excluding hydrogens is 518 g/mol. The molecule has 0 aromatic heterocycles. The number of imide groups is 1. The molecule has 2 saturated carbocycles. The number of ether oxygens (including phenoxy) is 1. The molecular formula is C22H23Br2NO5. The molecule has 30 heavy (non-hydrogen) atoms. The van der Waals surface area contributed by atoms with Gasteiger partial charge in [0.2, 0.25) is 11.8 Å². The van der Waals surface area contributed by atoms with Crippen LogP contribution in [-0.4, -0.2) is 50.8 Å². The number of nitrogens with zero attached hydrogens (tertiary/aromatic N) is 1. The lowest BCUT2D eigenvalue weighted by atomic mass is 9.81. The molecule has 1 heterocycles. The largest absolute Gasteiger partial charge is 0.456 e. The van der Waals surface area contributed by atoms with Gasteiger partial charge in [0.1, 0.15) is 6.04 Å². The highest BCUT2D eigenvalue weighted by atomic mass is 79.9. The van der Waals surface area contributed by atoms with E-state index in [1.807, 2.05) is 0 Å². The Labute approximate surface area is 192 Å². The topological polar surface area (TPSA) is 80.8 Å². The van der Waals surface area contributed by atoms with Crippen LogP contribution in [0.5, 0.6) is 0 Å². The molecule has 0 radical (unpaired) electrons. The van der Waals surface area contributed by atoms with Crippen molar-refractivity contribution < 1.29 is 23.9 Å². The van der Waals surface area contributed by atoms with Crippen LogP contribution in [0, 0.1) is 29.6 Å². The van der Waals surface area contributed by atoms with Crippen molar-refractivity contribution in [3.05, 3.63) is 35.9 Å². The third-order valence-corrected chi connectivity index (χ3v) is 9.82. The number of hydrogen-bond donors (Lipinski definition) is 0. The molecule has 0 spiro atoms. The Hall–Kier alpha value is -1.54. The van der Waals surface area contributed by atoms with Crippen molar-refractivity contribution in [3.8, 4) is 0 Å². The molecule has 1 aromatic rings. The van der Waals surface area contributed by atoms with Crippen LogP contribution in [0.2, 0.25) is 0 Å². The number of carbonyl (C=O) groups excluding carboxylic acids is 4. The number of carbonyl (C=O) groups is 4. The van der Waals surface area contributed by atoms with Gasteiger partial charge in [0, 0.05) is 15.2 Å². The number of Topliss-reactive ketones (excluding diaryl/α,β-unsaturated/α-hetero) is 1. The van der Waals surface area contributed by atoms with E-state index in [1.54, 1.807) is 44.2 Å². The van der Waals surface area contributed by atoms with E-state index in [0.29, 0.717) is 5.56 Å². The number of fused-ring (bicyclic) bond motifs is 5. The molecule has 4 rings (SSSR count). The smallest absolute Gasteiger partial charge is 0.330 e. The number of ketones is 1. The molecule has 6 nitrogen and oxygen atoms in total. The monoisotopic (exact) mass is 539 g/mol. The third-order valence-electron chi connectivity index (χ3n) is 6.61. The van der Waals surface area contributed by atoms with Crippen LogP contribution in [0.15, 0.2) is 30.3 Å². The van der Waals surface area contributed by atoms with Crippen molar-refractivity contribution in [3.63, 3.8) is 0 Å². The summed E-state index contributed by atoms with van der Waals surface area (Å²) in [4.78, 5) is 53.0. The highest BCUT2D eigenvalue weighted by Crippen LogP contribution is 2.60. The highest BCUT2D eigenvalue weighted by molar-refractivity contribution is 9.12. The maximum atomic E-state index is 13.2. The van der Waals surface area contributed by atoms with Gasteiger partial charge in [0.25, 0.3) is 0 Å². The van der Waals surface area contributed by atoms with Gasteiger partial charge in [-0.15, -0.1) is 0 Å². The summed E-state index contributed by atoms with van der Waals surface area (Å²) in [6, 6.07) is 7.52. The minimum Gasteiger partial charge on any atom is -0.456 e. The third kappa shape index (κ3) is 3.36. The van der Waals surface area contributed by atoms with E-state index >= 15 is 0 Å². The van der Waals surface area contributed by atoms with Crippen LogP contribution in [0.1, 0.15) is 30.6 Å². The van der Waals surface area contributed by atoms with E-state index in [0.717, 1.165) is 11.3 Å². The zero-order valence-corrected chi connectivity index (χ0v) is 19.8. The van der Waals surface area contributed by atoms with Crippen molar-refractivity contribution in [1.29, 1.82) is 0 Å². The lowest BCUT2D eigenvalue weighted by Crippen LogP contribution is -2.50. The average Bonchev–Trinajstić information content (AvgIpc) is 3.33. The number of esters is 1. The van der Waals surface area contributed by atoms with E-state index in [2.05, 4.69) is 31.9 Å². The summed E-state index contributed by atoms with van der Waals surface area (Å²) in [5, 5.41) is 0. The Balaban J connectivity index is 1.51. The van der Waals surface area contributed by atoms with Gasteiger partial charge in [-0.2, -0.15) is 0 Å². The van der Waals surface area contributed by atoms with E-state index < -0.39 is 18.6 Å². The molecule has 3 fully saturated rings. The van der Waals surface area contributed by atoms with Gasteiger partial charge in [-0.05, 0) is 24.2 Å². The van der Waals surface area contributed by atoms with Crippen LogP contribution < -0.4 is 0 Å². The van der Waals surface area contributed by atoms with Crippen LogP contribution >= 0.6 is 31.9 Å². The molecule has 2 aliphatic carbocycles. The van der Waals surface area contributed by atoms with Gasteiger partial charge in [0.15, 0.2) is 12.4 Å². The summed E-state index contributed by atoms with van der Waals surface area (Å²) in [6.07, 6.45) is 0.828. The van der Waals surface area contributed by atoms with E-state index in [4.69, 9.17) is 4.74 Å². The number of rotatable bonds is 6. The first kappa shape index (κ1) is 21.7. The van der Waals surface area contributed by atoms with E-state index in [9.17, 15) is 19.2 Å². The maximum absolute atomic E-state index is 13.2. The lowest BCUT2D eigenvalue weighted by Gasteiger charge is -2.28. The van der Waals surface area contributed by atoms with Crippen molar-refractivity contribution >= 4 is 55.4 Å². The van der Waals surface area contributed by atoms with Gasteiger partial charge in [-0.3, -0.25) is 19.3 Å². The lowest BCUT2D eigenvalue weighted by molar-refractivity contribution is -0.160. The zero-order chi connectivity index (χ0) is 21.7. The molecule has 160 valence electrons. The summed E-state index contributed by atoms with van der Waals surface area (Å²) < 4.78 is 5.27. The number of alkyl halides is 2. The Kier molecular flexibility index (Phi) is 5.92. The van der Waals surface area contributed by atoms with Crippen LogP contribution in [-0.2, 0) is 19.1 Å². The quantitative estimate of drug-likeness (QED) is 0.239. The second-order valence-electron chi connectivity index (χ2n) is 8.64. The number of amides is 2. The second kappa shape index (κ2) is 8.19. The fourth-order valence-corrected chi connectivity index (χ4v) is 7.12. The minimum atomic E-state index is -1.03. The Morgan fingerprint density at radius 3 is 2.07 bits per heavy atom. The van der Waals surface area contributed by atoms with Crippen molar-refractivity contribution in [2.24, 2.45) is 29.6 Å². The highest BCUT2D eigenvalue weighted by Gasteiger charge is 2.67. The second-order valence-corrected chi connectivity index (χ2v) is 10.8. The zero-order valence-electron chi connectivity index (χ0n) is 16.7. The van der Waals surface area contributed by atoms with Gasteiger partial charge in [-0.25, -0.2) is 4.79 Å². The summed E-state index contributed by atoms with van der Waals surface area (Å²) in [5.74, 6) is -2.56. The first-order valence-corrected chi connectivity index (χ1v) is 12.0. The molecule has 0 N–H and O–H groups in total. The van der Waals surface area contributed by atoms with Crippen LogP contribution in [0.3, 0.4) is 0 Å². The van der Waals surface area contributed by atoms with Crippen LogP contribution in [0.25, 0.3) is 0 Å². The summed E-state index contributed by atoms with van der Waals surface area (Å²) >= 11 is 7.33. The van der Waals surface area contributed by atoms with Crippen LogP contribution in [0.4, 0.5) is 0 Å². The molecule has 8 heteroatoms. The summed E-state index contributed by atoms with van der Waals surface area (Å²) in [6.45, 7) is 3.12. The average molecular weight is 541 g/mol. The number of benzene rings is 1. The van der Waals surface area contributed by atoms with Crippen molar-refractivity contribution in [1.82, 2.24) is 4.90 Å². The molecule has 7 atom stereocenters. The predicted octanol–water partition coefficient (Wildman–Crippen LogP) is 3.22. The number of halogens is 2. The molecule has 1 saturated heterocycles. The van der Waals surface area contributed by atoms with E-state index in [-0.39, 0.29) is 56.8 Å². The SMILES string of the molecule is CC(C)[C@H](C(=O)OCC(=O)c1ccccc1)N1C(=O)[C@@H]2[C@H]3C[C@@H]([C@@H](Br)[C@H]3Br)[C@H]2C1=O. The molecule has 3 aliphatic rings. The molecule has 1 aliphatic heterocycles. The van der Waals surface area contributed by atoms with E-state index in [1.165, 1.54) is 0 Å².